The van der Waals surface area contributed by atoms with Gasteiger partial charge in [-0.1, -0.05) is 12.1 Å². The molecule has 1 aromatic carbocycles. The van der Waals surface area contributed by atoms with E-state index in [4.69, 9.17) is 18.8 Å². The summed E-state index contributed by atoms with van der Waals surface area (Å²) in [6.07, 6.45) is 1.99. The van der Waals surface area contributed by atoms with Crippen LogP contribution in [-0.4, -0.2) is 49.6 Å². The lowest BCUT2D eigenvalue weighted by Crippen LogP contribution is -2.61. The SMILES string of the molecule is CC1(C)OB(c2ccc(OC3(CNC(=O)C4CC4)COC3)cc2)OC1(C)C. The van der Waals surface area contributed by atoms with Crippen LogP contribution < -0.4 is 15.5 Å². The van der Waals surface area contributed by atoms with Crippen molar-refractivity contribution >= 4 is 18.5 Å². The Morgan fingerprint density at radius 3 is 2.19 bits per heavy atom. The molecule has 2 heterocycles. The van der Waals surface area contributed by atoms with Gasteiger partial charge in [0.2, 0.25) is 5.91 Å². The van der Waals surface area contributed by atoms with E-state index >= 15 is 0 Å². The van der Waals surface area contributed by atoms with Crippen LogP contribution in [0.4, 0.5) is 0 Å². The van der Waals surface area contributed by atoms with Crippen molar-refractivity contribution in [2.24, 2.45) is 5.92 Å². The molecule has 1 saturated carbocycles. The number of hydrogen-bond donors (Lipinski definition) is 1. The van der Waals surface area contributed by atoms with Gasteiger partial charge in [-0.2, -0.15) is 0 Å². The molecule has 0 aromatic heterocycles. The maximum Gasteiger partial charge on any atom is 0.494 e. The van der Waals surface area contributed by atoms with E-state index in [2.05, 4.69) is 5.32 Å². The molecule has 2 aliphatic heterocycles. The second-order valence-electron chi connectivity index (χ2n) is 8.93. The highest BCUT2D eigenvalue weighted by molar-refractivity contribution is 6.62. The maximum absolute atomic E-state index is 11.9. The average Bonchev–Trinajstić information content (AvgIpc) is 3.38. The lowest BCUT2D eigenvalue weighted by molar-refractivity contribution is -0.161. The Kier molecular flexibility index (Phi) is 4.52. The van der Waals surface area contributed by atoms with Gasteiger partial charge in [0.05, 0.1) is 31.0 Å². The van der Waals surface area contributed by atoms with Crippen LogP contribution in [0.25, 0.3) is 0 Å². The van der Waals surface area contributed by atoms with E-state index in [0.29, 0.717) is 19.8 Å². The van der Waals surface area contributed by atoms with Crippen LogP contribution in [0.3, 0.4) is 0 Å². The van der Waals surface area contributed by atoms with E-state index in [0.717, 1.165) is 24.1 Å². The summed E-state index contributed by atoms with van der Waals surface area (Å²) < 4.78 is 23.7. The minimum absolute atomic E-state index is 0.126. The van der Waals surface area contributed by atoms with E-state index in [-0.39, 0.29) is 30.1 Å². The number of amides is 1. The molecule has 7 heteroatoms. The van der Waals surface area contributed by atoms with E-state index in [1.807, 2.05) is 52.0 Å². The zero-order valence-electron chi connectivity index (χ0n) is 16.5. The molecule has 0 bridgehead atoms. The number of nitrogens with one attached hydrogen (secondary N) is 1. The molecule has 1 N–H and O–H groups in total. The van der Waals surface area contributed by atoms with Gasteiger partial charge in [0, 0.05) is 5.92 Å². The average molecular weight is 373 g/mol. The molecule has 0 spiro atoms. The predicted octanol–water partition coefficient (Wildman–Crippen LogP) is 1.66. The lowest BCUT2D eigenvalue weighted by atomic mass is 9.79. The van der Waals surface area contributed by atoms with Crippen LogP contribution >= 0.6 is 0 Å². The Labute approximate surface area is 161 Å². The third kappa shape index (κ3) is 3.73. The first-order chi connectivity index (χ1) is 12.7. The topological polar surface area (TPSA) is 66.0 Å². The molecule has 2 saturated heterocycles. The third-order valence-corrected chi connectivity index (χ3v) is 6.00. The molecule has 3 fully saturated rings. The number of hydrogen-bond acceptors (Lipinski definition) is 5. The van der Waals surface area contributed by atoms with Crippen LogP contribution in [0.2, 0.25) is 0 Å². The van der Waals surface area contributed by atoms with Crippen molar-refractivity contribution in [1.82, 2.24) is 5.32 Å². The van der Waals surface area contributed by atoms with Crippen LogP contribution in [0.1, 0.15) is 40.5 Å². The first-order valence-corrected chi connectivity index (χ1v) is 9.70. The monoisotopic (exact) mass is 373 g/mol. The molecule has 6 nitrogen and oxygen atoms in total. The zero-order valence-corrected chi connectivity index (χ0v) is 16.5. The Balaban J connectivity index is 1.38. The predicted molar refractivity (Wildman–Crippen MR) is 102 cm³/mol. The summed E-state index contributed by atoms with van der Waals surface area (Å²) in [5, 5.41) is 3.00. The molecule has 1 aromatic rings. The fourth-order valence-electron chi connectivity index (χ4n) is 3.19. The summed E-state index contributed by atoms with van der Waals surface area (Å²) in [4.78, 5) is 11.9. The minimum atomic E-state index is -0.476. The van der Waals surface area contributed by atoms with Crippen LogP contribution in [-0.2, 0) is 18.8 Å². The Morgan fingerprint density at radius 2 is 1.70 bits per heavy atom. The number of carbonyl (C=O) groups excluding carboxylic acids is 1. The van der Waals surface area contributed by atoms with Crippen molar-refractivity contribution in [1.29, 1.82) is 0 Å². The number of rotatable bonds is 6. The van der Waals surface area contributed by atoms with Gasteiger partial charge in [-0.05, 0) is 58.1 Å². The van der Waals surface area contributed by atoms with E-state index in [9.17, 15) is 4.79 Å². The van der Waals surface area contributed by atoms with Gasteiger partial charge in [0.25, 0.3) is 0 Å². The molecule has 1 amide bonds. The summed E-state index contributed by atoms with van der Waals surface area (Å²) in [7, 11) is -0.386. The molecule has 4 rings (SSSR count). The number of ether oxygens (including phenoxy) is 2. The van der Waals surface area contributed by atoms with Gasteiger partial charge in [-0.25, -0.2) is 0 Å². The smallest absolute Gasteiger partial charge is 0.481 e. The van der Waals surface area contributed by atoms with Crippen molar-refractivity contribution in [2.75, 3.05) is 19.8 Å². The van der Waals surface area contributed by atoms with Crippen LogP contribution in [0.15, 0.2) is 24.3 Å². The van der Waals surface area contributed by atoms with Crippen LogP contribution in [0.5, 0.6) is 5.75 Å². The molecule has 1 aliphatic carbocycles. The quantitative estimate of drug-likeness (QED) is 0.769. The summed E-state index contributed by atoms with van der Waals surface area (Å²) in [6, 6.07) is 7.77. The molecule has 27 heavy (non-hydrogen) atoms. The van der Waals surface area contributed by atoms with Gasteiger partial charge in [0.1, 0.15) is 5.75 Å². The van der Waals surface area contributed by atoms with Crippen molar-refractivity contribution in [3.8, 4) is 5.75 Å². The summed E-state index contributed by atoms with van der Waals surface area (Å²) in [5.74, 6) is 1.07. The van der Waals surface area contributed by atoms with Crippen molar-refractivity contribution in [3.05, 3.63) is 24.3 Å². The van der Waals surface area contributed by atoms with Gasteiger partial charge in [-0.3, -0.25) is 4.79 Å². The second-order valence-corrected chi connectivity index (χ2v) is 8.93. The zero-order chi connectivity index (χ0) is 19.3. The highest BCUT2D eigenvalue weighted by atomic mass is 16.7. The van der Waals surface area contributed by atoms with E-state index in [1.165, 1.54) is 0 Å². The normalized spacial score (nSPS) is 25.0. The summed E-state index contributed by atoms with van der Waals surface area (Å²) in [6.45, 7) is 9.61. The fraction of sp³-hybridized carbons (Fsp3) is 0.650. The van der Waals surface area contributed by atoms with Gasteiger partial charge in [0.15, 0.2) is 5.60 Å². The fourth-order valence-corrected chi connectivity index (χ4v) is 3.19. The molecular formula is C20H28BNO5. The number of carbonyl (C=O) groups is 1. The van der Waals surface area contributed by atoms with Crippen molar-refractivity contribution in [2.45, 2.75) is 57.3 Å². The maximum atomic E-state index is 11.9. The molecule has 0 unspecified atom stereocenters. The summed E-state index contributed by atoms with van der Waals surface area (Å²) in [5.41, 5.74) is -0.238. The van der Waals surface area contributed by atoms with Crippen molar-refractivity contribution in [3.63, 3.8) is 0 Å². The van der Waals surface area contributed by atoms with E-state index < -0.39 is 5.60 Å². The van der Waals surface area contributed by atoms with Gasteiger partial charge < -0.3 is 24.1 Å². The molecule has 0 atom stereocenters. The van der Waals surface area contributed by atoms with Gasteiger partial charge in [-0.15, -0.1) is 0 Å². The number of benzene rings is 1. The Hall–Kier alpha value is -1.57. The standard InChI is InChI=1S/C20H28BNO5/c1-18(2)19(3,4)27-21(26-18)15-7-9-16(10-8-15)25-20(12-24-13-20)11-22-17(23)14-5-6-14/h7-10,14H,5-6,11-13H2,1-4H3,(H,22,23). The minimum Gasteiger partial charge on any atom is -0.481 e. The largest absolute Gasteiger partial charge is 0.494 e. The third-order valence-electron chi connectivity index (χ3n) is 6.00. The molecule has 146 valence electrons. The molecule has 0 radical (unpaired) electrons. The molecular weight excluding hydrogens is 345 g/mol. The highest BCUT2D eigenvalue weighted by Gasteiger charge is 2.51. The summed E-state index contributed by atoms with van der Waals surface area (Å²) >= 11 is 0. The van der Waals surface area contributed by atoms with Crippen LogP contribution in [0, 0.1) is 5.92 Å². The van der Waals surface area contributed by atoms with Gasteiger partial charge >= 0.3 is 7.12 Å². The van der Waals surface area contributed by atoms with Crippen molar-refractivity contribution < 1.29 is 23.6 Å². The Bertz CT molecular complexity index is 694. The second kappa shape index (κ2) is 6.50. The highest BCUT2D eigenvalue weighted by Crippen LogP contribution is 2.36. The molecule has 3 aliphatic rings. The Morgan fingerprint density at radius 1 is 1.11 bits per heavy atom. The first-order valence-electron chi connectivity index (χ1n) is 9.70. The van der Waals surface area contributed by atoms with E-state index in [1.54, 1.807) is 0 Å². The first kappa shape index (κ1) is 18.8. The lowest BCUT2D eigenvalue weighted by Gasteiger charge is -2.41.